The van der Waals surface area contributed by atoms with Gasteiger partial charge in [0.25, 0.3) is 0 Å². The molecule has 1 aromatic rings. The fourth-order valence-electron chi connectivity index (χ4n) is 2.29. The lowest BCUT2D eigenvalue weighted by Crippen LogP contribution is -2.44. The van der Waals surface area contributed by atoms with E-state index < -0.39 is 5.82 Å². The fraction of sp³-hybridized carbons (Fsp3) is 0.438. The number of carbonyl (C=O) groups excluding carboxylic acids is 1. The van der Waals surface area contributed by atoms with Crippen molar-refractivity contribution in [3.05, 3.63) is 40.7 Å². The highest BCUT2D eigenvalue weighted by Gasteiger charge is 2.26. The van der Waals surface area contributed by atoms with Crippen molar-refractivity contribution in [3.63, 3.8) is 0 Å². The fourth-order valence-corrected chi connectivity index (χ4v) is 2.48. The lowest BCUT2D eigenvalue weighted by Gasteiger charge is -2.37. The summed E-state index contributed by atoms with van der Waals surface area (Å²) in [6.45, 7) is 0.641. The van der Waals surface area contributed by atoms with Crippen molar-refractivity contribution in [1.29, 1.82) is 0 Å². The van der Waals surface area contributed by atoms with Gasteiger partial charge in [-0.25, -0.2) is 4.39 Å². The van der Waals surface area contributed by atoms with Crippen LogP contribution in [-0.4, -0.2) is 35.1 Å². The molecule has 1 fully saturated rings. The molecule has 1 amide bonds. The summed E-state index contributed by atoms with van der Waals surface area (Å²) in [6, 6.07) is 4.63. The van der Waals surface area contributed by atoms with Gasteiger partial charge in [0, 0.05) is 25.3 Å². The number of hydrogen-bond acceptors (Lipinski definition) is 2. The van der Waals surface area contributed by atoms with E-state index in [1.54, 1.807) is 17.0 Å². The van der Waals surface area contributed by atoms with E-state index in [9.17, 15) is 9.18 Å². The van der Waals surface area contributed by atoms with Crippen molar-refractivity contribution in [2.75, 3.05) is 13.2 Å². The van der Waals surface area contributed by atoms with Crippen LogP contribution in [0.15, 0.2) is 24.3 Å². The monoisotopic (exact) mass is 311 g/mol. The third kappa shape index (κ3) is 4.29. The zero-order chi connectivity index (χ0) is 15.2. The van der Waals surface area contributed by atoms with Crippen LogP contribution < -0.4 is 0 Å². The molecule has 2 rings (SSSR count). The molecule has 0 heterocycles. The van der Waals surface area contributed by atoms with Crippen LogP contribution in [0.5, 0.6) is 0 Å². The highest BCUT2D eigenvalue weighted by Crippen LogP contribution is 2.25. The number of aliphatic hydroxyl groups excluding tert-OH is 1. The average Bonchev–Trinajstić information content (AvgIpc) is 2.42. The Morgan fingerprint density at radius 2 is 2.24 bits per heavy atom. The van der Waals surface area contributed by atoms with Crippen molar-refractivity contribution in [1.82, 2.24) is 4.90 Å². The average molecular weight is 312 g/mol. The number of amides is 1. The van der Waals surface area contributed by atoms with E-state index in [1.807, 2.05) is 0 Å². The Morgan fingerprint density at radius 3 is 2.81 bits per heavy atom. The smallest absolute Gasteiger partial charge is 0.246 e. The molecular weight excluding hydrogens is 293 g/mol. The highest BCUT2D eigenvalue weighted by molar-refractivity contribution is 6.30. The number of hydrogen-bond donors (Lipinski definition) is 1. The molecule has 0 saturated heterocycles. The van der Waals surface area contributed by atoms with Gasteiger partial charge in [-0.05, 0) is 49.5 Å². The summed E-state index contributed by atoms with van der Waals surface area (Å²) in [5.74, 6) is -0.548. The first-order valence-corrected chi connectivity index (χ1v) is 7.54. The quantitative estimate of drug-likeness (QED) is 0.819. The first-order chi connectivity index (χ1) is 10.1. The number of rotatable bonds is 6. The lowest BCUT2D eigenvalue weighted by atomic mass is 9.91. The van der Waals surface area contributed by atoms with Crippen LogP contribution in [0.1, 0.15) is 31.2 Å². The second kappa shape index (κ2) is 7.57. The van der Waals surface area contributed by atoms with Crippen molar-refractivity contribution >= 4 is 23.6 Å². The summed E-state index contributed by atoms with van der Waals surface area (Å²) in [4.78, 5) is 14.1. The van der Waals surface area contributed by atoms with E-state index in [2.05, 4.69) is 0 Å². The minimum atomic E-state index is -0.473. The number of aliphatic hydroxyl groups is 1. The van der Waals surface area contributed by atoms with Crippen LogP contribution in [0.3, 0.4) is 0 Å². The Hall–Kier alpha value is -1.39. The maximum absolute atomic E-state index is 13.1. The van der Waals surface area contributed by atoms with Gasteiger partial charge in [0.05, 0.1) is 5.02 Å². The van der Waals surface area contributed by atoms with Gasteiger partial charge in [-0.15, -0.1) is 0 Å². The van der Waals surface area contributed by atoms with Crippen LogP contribution in [0.2, 0.25) is 5.02 Å². The molecule has 21 heavy (non-hydrogen) atoms. The Morgan fingerprint density at radius 1 is 1.48 bits per heavy atom. The standard InChI is InChI=1S/C16H19ClFNO2/c17-14-11-12(5-7-15(14)18)6-8-16(21)19(9-2-10-20)13-3-1-4-13/h5-8,11,13,20H,1-4,9-10H2/b8-6+. The number of benzene rings is 1. The first kappa shape index (κ1) is 16.0. The number of halogens is 2. The zero-order valence-electron chi connectivity index (χ0n) is 11.8. The summed E-state index contributed by atoms with van der Waals surface area (Å²) >= 11 is 5.71. The number of nitrogens with zero attached hydrogens (tertiary/aromatic N) is 1. The van der Waals surface area contributed by atoms with Gasteiger partial charge < -0.3 is 10.0 Å². The summed E-state index contributed by atoms with van der Waals surface area (Å²) in [7, 11) is 0. The van der Waals surface area contributed by atoms with Crippen LogP contribution in [-0.2, 0) is 4.79 Å². The van der Waals surface area contributed by atoms with Gasteiger partial charge in [0.15, 0.2) is 0 Å². The predicted octanol–water partition coefficient (Wildman–Crippen LogP) is 3.26. The van der Waals surface area contributed by atoms with Gasteiger partial charge in [-0.1, -0.05) is 17.7 Å². The molecule has 0 spiro atoms. The molecule has 114 valence electrons. The molecular formula is C16H19ClFNO2. The molecule has 1 saturated carbocycles. The minimum absolute atomic E-state index is 0.0423. The van der Waals surface area contributed by atoms with Crippen LogP contribution in [0, 0.1) is 5.82 Å². The molecule has 1 N–H and O–H groups in total. The Kier molecular flexibility index (Phi) is 5.76. The second-order valence-electron chi connectivity index (χ2n) is 5.20. The largest absolute Gasteiger partial charge is 0.396 e. The van der Waals surface area contributed by atoms with E-state index in [1.165, 1.54) is 18.2 Å². The van der Waals surface area contributed by atoms with E-state index in [0.717, 1.165) is 19.3 Å². The van der Waals surface area contributed by atoms with Crippen molar-refractivity contribution < 1.29 is 14.3 Å². The summed E-state index contributed by atoms with van der Waals surface area (Å²) in [5.41, 5.74) is 0.686. The molecule has 0 radical (unpaired) electrons. The highest BCUT2D eigenvalue weighted by atomic mass is 35.5. The van der Waals surface area contributed by atoms with E-state index in [0.29, 0.717) is 18.5 Å². The van der Waals surface area contributed by atoms with Crippen molar-refractivity contribution in [3.8, 4) is 0 Å². The second-order valence-corrected chi connectivity index (χ2v) is 5.61. The summed E-state index contributed by atoms with van der Waals surface area (Å²) in [6.07, 6.45) is 6.89. The van der Waals surface area contributed by atoms with Crippen LogP contribution in [0.25, 0.3) is 6.08 Å². The van der Waals surface area contributed by atoms with Crippen LogP contribution >= 0.6 is 11.6 Å². The molecule has 0 unspecified atom stereocenters. The SMILES string of the molecule is O=C(/C=C/c1ccc(F)c(Cl)c1)N(CCCO)C1CCC1. The van der Waals surface area contributed by atoms with Crippen LogP contribution in [0.4, 0.5) is 4.39 Å². The van der Waals surface area contributed by atoms with Gasteiger partial charge in [0.2, 0.25) is 5.91 Å². The zero-order valence-corrected chi connectivity index (χ0v) is 12.5. The van der Waals surface area contributed by atoms with Gasteiger partial charge in [-0.3, -0.25) is 4.79 Å². The summed E-state index contributed by atoms with van der Waals surface area (Å²) < 4.78 is 13.1. The molecule has 0 aromatic heterocycles. The molecule has 0 aliphatic heterocycles. The molecule has 1 aliphatic rings. The van der Waals surface area contributed by atoms with Gasteiger partial charge in [-0.2, -0.15) is 0 Å². The third-order valence-corrected chi connectivity index (χ3v) is 4.01. The van der Waals surface area contributed by atoms with Gasteiger partial charge in [0.1, 0.15) is 5.82 Å². The minimum Gasteiger partial charge on any atom is -0.396 e. The molecule has 1 aliphatic carbocycles. The summed E-state index contributed by atoms with van der Waals surface area (Å²) in [5, 5.41) is 8.97. The van der Waals surface area contributed by atoms with E-state index in [-0.39, 0.29) is 23.6 Å². The Bertz CT molecular complexity index is 529. The maximum atomic E-state index is 13.1. The third-order valence-electron chi connectivity index (χ3n) is 3.72. The first-order valence-electron chi connectivity index (χ1n) is 7.16. The molecule has 1 aromatic carbocycles. The normalized spacial score (nSPS) is 15.2. The predicted molar refractivity (Wildman–Crippen MR) is 81.5 cm³/mol. The van der Waals surface area contributed by atoms with Gasteiger partial charge >= 0.3 is 0 Å². The molecule has 5 heteroatoms. The van der Waals surface area contributed by atoms with Crippen molar-refractivity contribution in [2.45, 2.75) is 31.7 Å². The maximum Gasteiger partial charge on any atom is 0.246 e. The Balaban J connectivity index is 2.02. The molecule has 0 bridgehead atoms. The molecule has 3 nitrogen and oxygen atoms in total. The van der Waals surface area contributed by atoms with Crippen molar-refractivity contribution in [2.24, 2.45) is 0 Å². The Labute approximate surface area is 129 Å². The topological polar surface area (TPSA) is 40.5 Å². The molecule has 0 atom stereocenters. The van der Waals surface area contributed by atoms with E-state index >= 15 is 0 Å². The lowest BCUT2D eigenvalue weighted by molar-refractivity contribution is -0.130. The van der Waals surface area contributed by atoms with E-state index in [4.69, 9.17) is 16.7 Å². The number of carbonyl (C=O) groups is 1.